The van der Waals surface area contributed by atoms with E-state index < -0.39 is 10.0 Å². The Morgan fingerprint density at radius 2 is 1.78 bits per heavy atom. The van der Waals surface area contributed by atoms with Crippen LogP contribution in [-0.2, 0) is 10.0 Å². The highest BCUT2D eigenvalue weighted by atomic mass is 32.2. The molecule has 0 radical (unpaired) electrons. The van der Waals surface area contributed by atoms with Crippen LogP contribution < -0.4 is 25.0 Å². The van der Waals surface area contributed by atoms with Crippen molar-refractivity contribution in [2.45, 2.75) is 30.7 Å². The summed E-state index contributed by atoms with van der Waals surface area (Å²) in [5.74, 6) is 1.28. The number of nitrogens with one attached hydrogen (secondary N) is 1. The first kappa shape index (κ1) is 29.0. The van der Waals surface area contributed by atoms with E-state index >= 15 is 0 Å². The average molecular weight is 582 g/mol. The van der Waals surface area contributed by atoms with Crippen LogP contribution in [0.4, 0.5) is 29.0 Å². The normalized spacial score (nSPS) is 17.4. The van der Waals surface area contributed by atoms with Crippen molar-refractivity contribution >= 4 is 39.0 Å². The number of methoxy groups -OCH3 is 1. The Hall–Kier alpha value is -3.52. The van der Waals surface area contributed by atoms with Crippen LogP contribution >= 0.6 is 0 Å². The van der Waals surface area contributed by atoms with Gasteiger partial charge < -0.3 is 24.8 Å². The number of benzene rings is 2. The van der Waals surface area contributed by atoms with Crippen molar-refractivity contribution in [1.29, 1.82) is 0 Å². The molecule has 2 aromatic carbocycles. The standard InChI is InChI=1S/C28H39N9O3S/c1-4-37(24-7-5-6-8-26(24)41(29,38)39)28-31-20-30-27(33-28)32-23-10-9-22(19-25(23)40-3)35-13-11-21(12-14-35)36-17-15-34(2)16-18-36/h5-10,19-21H,4,11-18H2,1-3H3,(H2,29,38,39)(H,30,31,32,33). The van der Waals surface area contributed by atoms with E-state index in [1.807, 2.05) is 19.1 Å². The first-order chi connectivity index (χ1) is 19.8. The number of hydrogen-bond donors (Lipinski definition) is 2. The maximum atomic E-state index is 12.2. The van der Waals surface area contributed by atoms with Crippen molar-refractivity contribution in [2.24, 2.45) is 5.14 Å². The largest absolute Gasteiger partial charge is 0.494 e. The van der Waals surface area contributed by atoms with E-state index in [1.165, 1.54) is 12.4 Å². The van der Waals surface area contributed by atoms with Crippen LogP contribution in [0.1, 0.15) is 19.8 Å². The van der Waals surface area contributed by atoms with Gasteiger partial charge in [0, 0.05) is 63.6 Å². The smallest absolute Gasteiger partial charge is 0.240 e. The minimum absolute atomic E-state index is 0.00148. The Morgan fingerprint density at radius 3 is 2.46 bits per heavy atom. The molecule has 0 amide bonds. The second kappa shape index (κ2) is 12.6. The van der Waals surface area contributed by atoms with Crippen LogP contribution in [0, 0.1) is 0 Å². The number of likely N-dealkylation sites (N-methyl/N-ethyl adjacent to an activating group) is 1. The van der Waals surface area contributed by atoms with E-state index in [1.54, 1.807) is 30.2 Å². The Kier molecular flexibility index (Phi) is 8.88. The zero-order chi connectivity index (χ0) is 29.0. The molecule has 2 aliphatic heterocycles. The van der Waals surface area contributed by atoms with Gasteiger partial charge in [-0.2, -0.15) is 4.98 Å². The molecule has 1 aromatic heterocycles. The fourth-order valence-electron chi connectivity index (χ4n) is 5.59. The van der Waals surface area contributed by atoms with Crippen LogP contribution in [0.5, 0.6) is 5.75 Å². The molecule has 3 aromatic rings. The molecule has 2 fully saturated rings. The van der Waals surface area contributed by atoms with Crippen LogP contribution in [0.15, 0.2) is 53.7 Å². The number of piperazine rings is 1. The average Bonchev–Trinajstić information content (AvgIpc) is 2.98. The first-order valence-electron chi connectivity index (χ1n) is 14.0. The molecule has 2 aliphatic rings. The minimum atomic E-state index is -3.94. The molecular weight excluding hydrogens is 542 g/mol. The van der Waals surface area contributed by atoms with Gasteiger partial charge in [-0.25, -0.2) is 23.5 Å². The number of hydrogen-bond acceptors (Lipinski definition) is 11. The van der Waals surface area contributed by atoms with Crippen molar-refractivity contribution in [1.82, 2.24) is 24.8 Å². The second-order valence-electron chi connectivity index (χ2n) is 10.4. The van der Waals surface area contributed by atoms with E-state index in [0.717, 1.165) is 57.8 Å². The van der Waals surface area contributed by atoms with E-state index in [2.05, 4.69) is 48.1 Å². The third kappa shape index (κ3) is 6.70. The molecule has 5 rings (SSSR count). The summed E-state index contributed by atoms with van der Waals surface area (Å²) in [7, 11) is -0.100. The fraction of sp³-hybridized carbons (Fsp3) is 0.464. The molecule has 3 N–H and O–H groups in total. The van der Waals surface area contributed by atoms with Gasteiger partial charge in [0.05, 0.1) is 18.5 Å². The van der Waals surface area contributed by atoms with Gasteiger partial charge in [-0.05, 0) is 51.1 Å². The molecule has 0 saturated carbocycles. The Labute approximate surface area is 242 Å². The summed E-state index contributed by atoms with van der Waals surface area (Å²) in [6, 6.07) is 13.3. The van der Waals surface area contributed by atoms with Gasteiger partial charge in [-0.3, -0.25) is 4.90 Å². The lowest BCUT2D eigenvalue weighted by Crippen LogP contribution is -2.52. The van der Waals surface area contributed by atoms with Gasteiger partial charge in [-0.1, -0.05) is 12.1 Å². The lowest BCUT2D eigenvalue weighted by Gasteiger charge is -2.42. The quantitative estimate of drug-likeness (QED) is 0.386. The number of piperidine rings is 1. The van der Waals surface area contributed by atoms with Crippen LogP contribution in [0.25, 0.3) is 0 Å². The van der Waals surface area contributed by atoms with Crippen molar-refractivity contribution in [3.63, 3.8) is 0 Å². The number of anilines is 5. The van der Waals surface area contributed by atoms with Gasteiger partial charge in [-0.15, -0.1) is 0 Å². The summed E-state index contributed by atoms with van der Waals surface area (Å²) in [5, 5.41) is 8.70. The molecule has 3 heterocycles. The molecule has 0 unspecified atom stereocenters. The molecule has 2 saturated heterocycles. The Bertz CT molecular complexity index is 1440. The highest BCUT2D eigenvalue weighted by Crippen LogP contribution is 2.34. The highest BCUT2D eigenvalue weighted by Gasteiger charge is 2.27. The second-order valence-corrected chi connectivity index (χ2v) is 12.0. The minimum Gasteiger partial charge on any atom is -0.494 e. The van der Waals surface area contributed by atoms with Gasteiger partial charge in [0.2, 0.25) is 21.9 Å². The van der Waals surface area contributed by atoms with Gasteiger partial charge in [0.25, 0.3) is 0 Å². The molecule has 0 bridgehead atoms. The third-order valence-electron chi connectivity index (χ3n) is 7.89. The molecule has 0 spiro atoms. The maximum absolute atomic E-state index is 12.2. The number of nitrogens with two attached hydrogens (primary N) is 1. The number of rotatable bonds is 9. The number of ether oxygens (including phenoxy) is 1. The molecule has 0 atom stereocenters. The third-order valence-corrected chi connectivity index (χ3v) is 8.85. The zero-order valence-corrected chi connectivity index (χ0v) is 24.7. The zero-order valence-electron chi connectivity index (χ0n) is 23.9. The highest BCUT2D eigenvalue weighted by molar-refractivity contribution is 7.89. The number of nitrogens with zero attached hydrogens (tertiary/aromatic N) is 7. The summed E-state index contributed by atoms with van der Waals surface area (Å²) >= 11 is 0. The van der Waals surface area contributed by atoms with E-state index in [9.17, 15) is 8.42 Å². The summed E-state index contributed by atoms with van der Waals surface area (Å²) in [4.78, 5) is 22.3. The number of aromatic nitrogens is 3. The van der Waals surface area contributed by atoms with Gasteiger partial charge >= 0.3 is 0 Å². The van der Waals surface area contributed by atoms with E-state index in [0.29, 0.717) is 41.6 Å². The first-order valence-corrected chi connectivity index (χ1v) is 15.5. The summed E-state index contributed by atoms with van der Waals surface area (Å²) in [5.41, 5.74) is 2.24. The molecule has 0 aliphatic carbocycles. The van der Waals surface area contributed by atoms with Crippen LogP contribution in [0.3, 0.4) is 0 Å². The number of primary sulfonamides is 1. The molecule has 13 heteroatoms. The van der Waals surface area contributed by atoms with Crippen LogP contribution in [-0.4, -0.2) is 99.2 Å². The lowest BCUT2D eigenvalue weighted by atomic mass is 10.0. The molecular formula is C28H39N9O3S. The Morgan fingerprint density at radius 1 is 1.05 bits per heavy atom. The van der Waals surface area contributed by atoms with Crippen molar-refractivity contribution in [3.8, 4) is 5.75 Å². The predicted octanol–water partition coefficient (Wildman–Crippen LogP) is 2.65. The summed E-state index contributed by atoms with van der Waals surface area (Å²) in [6.07, 6.45) is 3.70. The monoisotopic (exact) mass is 581 g/mol. The van der Waals surface area contributed by atoms with E-state index in [-0.39, 0.29) is 4.90 Å². The predicted molar refractivity (Wildman–Crippen MR) is 161 cm³/mol. The lowest BCUT2D eigenvalue weighted by molar-refractivity contribution is 0.0982. The number of para-hydroxylation sites is 1. The van der Waals surface area contributed by atoms with Crippen molar-refractivity contribution < 1.29 is 13.2 Å². The van der Waals surface area contributed by atoms with Crippen molar-refractivity contribution in [3.05, 3.63) is 48.8 Å². The van der Waals surface area contributed by atoms with Gasteiger partial charge in [0.15, 0.2) is 0 Å². The molecule has 41 heavy (non-hydrogen) atoms. The topological polar surface area (TPSA) is 133 Å². The molecule has 220 valence electrons. The van der Waals surface area contributed by atoms with Gasteiger partial charge in [0.1, 0.15) is 17.0 Å². The molecule has 12 nitrogen and oxygen atoms in total. The van der Waals surface area contributed by atoms with Crippen LogP contribution in [0.2, 0.25) is 0 Å². The number of sulfonamides is 1. The van der Waals surface area contributed by atoms with Crippen molar-refractivity contribution in [2.75, 3.05) is 75.1 Å². The van der Waals surface area contributed by atoms with E-state index in [4.69, 9.17) is 9.88 Å². The Balaban J connectivity index is 1.29. The SMILES string of the molecule is CCN(c1ncnc(Nc2ccc(N3CCC(N4CCN(C)CC4)CC3)cc2OC)n1)c1ccccc1S(N)(=O)=O. The fourth-order valence-corrected chi connectivity index (χ4v) is 6.33. The summed E-state index contributed by atoms with van der Waals surface area (Å²) in [6.45, 7) is 8.92. The maximum Gasteiger partial charge on any atom is 0.240 e. The summed E-state index contributed by atoms with van der Waals surface area (Å²) < 4.78 is 30.1.